The maximum Gasteiger partial charge on any atom is 0.416 e. The number of anilines is 1. The summed E-state index contributed by atoms with van der Waals surface area (Å²) in [4.78, 5) is 32.1. The fourth-order valence-corrected chi connectivity index (χ4v) is 5.31. The van der Waals surface area contributed by atoms with Gasteiger partial charge < -0.3 is 24.8 Å². The monoisotopic (exact) mass is 606 g/mol. The van der Waals surface area contributed by atoms with Crippen molar-refractivity contribution in [3.8, 4) is 5.75 Å². The topological polar surface area (TPSA) is 94.6 Å². The molecule has 0 unspecified atom stereocenters. The number of aliphatic hydroxyl groups is 1. The second kappa shape index (κ2) is 14.5. The van der Waals surface area contributed by atoms with Gasteiger partial charge >= 0.3 is 6.18 Å². The summed E-state index contributed by atoms with van der Waals surface area (Å²) in [5, 5.41) is 12.8. The van der Waals surface area contributed by atoms with Crippen LogP contribution < -0.4 is 10.1 Å². The molecule has 4 rings (SSSR count). The Labute approximate surface area is 250 Å². The first-order valence-corrected chi connectivity index (χ1v) is 14.6. The number of halogens is 3. The number of carbonyl (C=O) groups is 2. The summed E-state index contributed by atoms with van der Waals surface area (Å²) in [6, 6.07) is 9.63. The van der Waals surface area contributed by atoms with Crippen LogP contribution in [0, 0.1) is 5.92 Å². The number of hydrogen-bond donors (Lipinski definition) is 2. The van der Waals surface area contributed by atoms with E-state index in [0.717, 1.165) is 30.8 Å². The van der Waals surface area contributed by atoms with Crippen molar-refractivity contribution in [2.24, 2.45) is 5.92 Å². The van der Waals surface area contributed by atoms with Gasteiger partial charge in [0.2, 0.25) is 5.91 Å². The van der Waals surface area contributed by atoms with E-state index in [0.29, 0.717) is 57.3 Å². The zero-order valence-corrected chi connectivity index (χ0v) is 24.9. The van der Waals surface area contributed by atoms with Crippen molar-refractivity contribution in [1.82, 2.24) is 14.7 Å². The van der Waals surface area contributed by atoms with Gasteiger partial charge in [-0.05, 0) is 49.9 Å². The van der Waals surface area contributed by atoms with Crippen LogP contribution in [0.2, 0.25) is 0 Å². The van der Waals surface area contributed by atoms with Crippen molar-refractivity contribution in [3.05, 3.63) is 59.2 Å². The number of aliphatic hydroxyl groups excluding tert-OH is 1. The zero-order chi connectivity index (χ0) is 31.1. The van der Waals surface area contributed by atoms with Crippen LogP contribution in [0.25, 0.3) is 0 Å². The molecule has 2 aliphatic heterocycles. The SMILES string of the molecule is C[C@H](CO)N1C[C@H](C)[C@H](CN(C)Cc2ccc(C(F)(F)F)cc2)Oc2ccc(NC(=O)CCN3CCOCC3)cc2C1=O. The molecule has 2 aromatic carbocycles. The maximum absolute atomic E-state index is 13.7. The number of hydrogen-bond acceptors (Lipinski definition) is 7. The van der Waals surface area contributed by atoms with E-state index in [1.165, 1.54) is 12.1 Å². The van der Waals surface area contributed by atoms with Gasteiger partial charge in [0, 0.05) is 57.3 Å². The number of rotatable bonds is 10. The Bertz CT molecular complexity index is 1240. The Hall–Kier alpha value is -3.19. The molecule has 0 radical (unpaired) electrons. The maximum atomic E-state index is 13.7. The lowest BCUT2D eigenvalue weighted by molar-refractivity contribution is -0.137. The predicted molar refractivity (Wildman–Crippen MR) is 156 cm³/mol. The highest BCUT2D eigenvalue weighted by atomic mass is 19.4. The molecule has 236 valence electrons. The average molecular weight is 607 g/mol. The number of nitrogens with zero attached hydrogens (tertiary/aromatic N) is 3. The van der Waals surface area contributed by atoms with E-state index in [1.807, 2.05) is 18.9 Å². The average Bonchev–Trinajstić information content (AvgIpc) is 2.98. The third-order valence-electron chi connectivity index (χ3n) is 7.93. The number of nitrogens with one attached hydrogen (secondary N) is 1. The molecule has 1 saturated heterocycles. The molecule has 12 heteroatoms. The van der Waals surface area contributed by atoms with E-state index < -0.39 is 17.8 Å². The van der Waals surface area contributed by atoms with Crippen LogP contribution >= 0.6 is 0 Å². The lowest BCUT2D eigenvalue weighted by Gasteiger charge is -2.38. The van der Waals surface area contributed by atoms with Crippen LogP contribution in [-0.2, 0) is 22.3 Å². The van der Waals surface area contributed by atoms with E-state index in [2.05, 4.69) is 10.2 Å². The van der Waals surface area contributed by atoms with Gasteiger partial charge in [0.25, 0.3) is 5.91 Å². The number of benzene rings is 2. The Morgan fingerprint density at radius 3 is 2.51 bits per heavy atom. The molecular formula is C31H41F3N4O5. The van der Waals surface area contributed by atoms with Crippen molar-refractivity contribution < 1.29 is 37.3 Å². The highest BCUT2D eigenvalue weighted by molar-refractivity contribution is 6.00. The molecule has 1 fully saturated rings. The van der Waals surface area contributed by atoms with Gasteiger partial charge in [0.15, 0.2) is 0 Å². The second-order valence-electron chi connectivity index (χ2n) is 11.5. The standard InChI is InChI=1S/C31H41F3N4O5/c1-21-17-38(22(2)20-39)30(41)26-16-25(35-29(40)10-11-37-12-14-42-15-13-37)8-9-27(26)43-28(21)19-36(3)18-23-4-6-24(7-5-23)31(32,33)34/h4-9,16,21-22,28,39H,10-15,17-20H2,1-3H3,(H,35,40)/t21-,22+,28-/m0/s1. The fourth-order valence-electron chi connectivity index (χ4n) is 5.31. The summed E-state index contributed by atoms with van der Waals surface area (Å²) in [6.45, 7) is 8.20. The summed E-state index contributed by atoms with van der Waals surface area (Å²) in [5.74, 6) is -0.223. The number of ether oxygens (including phenoxy) is 2. The zero-order valence-electron chi connectivity index (χ0n) is 24.9. The number of amides is 2. The Balaban J connectivity index is 1.48. The van der Waals surface area contributed by atoms with Crippen LogP contribution in [0.5, 0.6) is 5.75 Å². The molecule has 0 spiro atoms. The minimum atomic E-state index is -4.39. The molecule has 0 bridgehead atoms. The van der Waals surface area contributed by atoms with Crippen molar-refractivity contribution >= 4 is 17.5 Å². The van der Waals surface area contributed by atoms with E-state index in [4.69, 9.17) is 9.47 Å². The van der Waals surface area contributed by atoms with E-state index >= 15 is 0 Å². The summed E-state index contributed by atoms with van der Waals surface area (Å²) in [5.41, 5.74) is 0.800. The third-order valence-corrected chi connectivity index (χ3v) is 7.93. The normalized spacial score (nSPS) is 20.7. The van der Waals surface area contributed by atoms with Crippen molar-refractivity contribution in [3.63, 3.8) is 0 Å². The molecule has 3 atom stereocenters. The number of fused-ring (bicyclic) bond motifs is 1. The molecule has 43 heavy (non-hydrogen) atoms. The highest BCUT2D eigenvalue weighted by Gasteiger charge is 2.34. The molecule has 0 aliphatic carbocycles. The second-order valence-corrected chi connectivity index (χ2v) is 11.5. The summed E-state index contributed by atoms with van der Waals surface area (Å²) >= 11 is 0. The Kier molecular flexibility index (Phi) is 11.0. The van der Waals surface area contributed by atoms with Gasteiger partial charge in [-0.1, -0.05) is 19.1 Å². The van der Waals surface area contributed by atoms with Gasteiger partial charge in [-0.2, -0.15) is 13.2 Å². The molecular weight excluding hydrogens is 565 g/mol. The lowest BCUT2D eigenvalue weighted by atomic mass is 9.99. The number of likely N-dealkylation sites (N-methyl/N-ethyl adjacent to an activating group) is 1. The molecule has 0 aromatic heterocycles. The molecule has 2 aliphatic rings. The fraction of sp³-hybridized carbons (Fsp3) is 0.548. The van der Waals surface area contributed by atoms with E-state index in [9.17, 15) is 27.9 Å². The summed E-state index contributed by atoms with van der Waals surface area (Å²) < 4.78 is 50.7. The van der Waals surface area contributed by atoms with Crippen LogP contribution in [0.1, 0.15) is 41.8 Å². The molecule has 0 saturated carbocycles. The van der Waals surface area contributed by atoms with Gasteiger partial charge in [0.1, 0.15) is 11.9 Å². The van der Waals surface area contributed by atoms with Gasteiger partial charge in [-0.3, -0.25) is 19.4 Å². The van der Waals surface area contributed by atoms with E-state index in [1.54, 1.807) is 30.0 Å². The van der Waals surface area contributed by atoms with Gasteiger partial charge in [-0.15, -0.1) is 0 Å². The predicted octanol–water partition coefficient (Wildman–Crippen LogP) is 3.72. The molecule has 2 heterocycles. The summed E-state index contributed by atoms with van der Waals surface area (Å²) in [7, 11) is 1.86. The van der Waals surface area contributed by atoms with Gasteiger partial charge in [-0.25, -0.2) is 0 Å². The van der Waals surface area contributed by atoms with Crippen LogP contribution in [0.3, 0.4) is 0 Å². The Morgan fingerprint density at radius 1 is 1.16 bits per heavy atom. The number of carbonyl (C=O) groups excluding carboxylic acids is 2. The van der Waals surface area contributed by atoms with E-state index in [-0.39, 0.29) is 36.0 Å². The Morgan fingerprint density at radius 2 is 1.86 bits per heavy atom. The minimum Gasteiger partial charge on any atom is -0.488 e. The first-order valence-electron chi connectivity index (χ1n) is 14.6. The first kappa shape index (κ1) is 32.7. The van der Waals surface area contributed by atoms with Crippen LogP contribution in [0.15, 0.2) is 42.5 Å². The summed E-state index contributed by atoms with van der Waals surface area (Å²) in [6.07, 6.45) is -4.45. The van der Waals surface area contributed by atoms with Crippen molar-refractivity contribution in [2.75, 3.05) is 64.9 Å². The number of alkyl halides is 3. The van der Waals surface area contributed by atoms with Crippen molar-refractivity contribution in [2.45, 2.75) is 45.1 Å². The van der Waals surface area contributed by atoms with Gasteiger partial charge in [0.05, 0.1) is 37.0 Å². The largest absolute Gasteiger partial charge is 0.488 e. The quantitative estimate of drug-likeness (QED) is 0.426. The highest BCUT2D eigenvalue weighted by Crippen LogP contribution is 2.32. The van der Waals surface area contributed by atoms with Crippen molar-refractivity contribution in [1.29, 1.82) is 0 Å². The molecule has 2 amide bonds. The van der Waals surface area contributed by atoms with Crippen LogP contribution in [-0.4, -0.2) is 103 Å². The molecule has 9 nitrogen and oxygen atoms in total. The molecule has 2 aromatic rings. The van der Waals surface area contributed by atoms with Crippen LogP contribution in [0.4, 0.5) is 18.9 Å². The first-order chi connectivity index (χ1) is 20.4. The number of morpholine rings is 1. The minimum absolute atomic E-state index is 0.124. The third kappa shape index (κ3) is 8.91. The molecule has 2 N–H and O–H groups in total. The smallest absolute Gasteiger partial charge is 0.416 e. The lowest BCUT2D eigenvalue weighted by Crippen LogP contribution is -2.49.